The van der Waals surface area contributed by atoms with Crippen LogP contribution in [0, 0.1) is 6.92 Å². The predicted octanol–water partition coefficient (Wildman–Crippen LogP) is 2.47. The molecule has 2 rings (SSSR count). The molecule has 1 amide bonds. The SMILES string of the molecule is CCCc1cc(C(=O)NS(=O)(=O)N2CCCCC2)sc1C. The lowest BCUT2D eigenvalue weighted by Gasteiger charge is -2.25. The van der Waals surface area contributed by atoms with Gasteiger partial charge in [0, 0.05) is 18.0 Å². The molecule has 1 N–H and O–H groups in total. The summed E-state index contributed by atoms with van der Waals surface area (Å²) in [5, 5.41) is 0. The van der Waals surface area contributed by atoms with Crippen LogP contribution in [0.1, 0.15) is 52.7 Å². The normalized spacial score (nSPS) is 16.9. The second-order valence-corrected chi connectivity index (χ2v) is 8.26. The molecular weight excluding hydrogens is 308 g/mol. The summed E-state index contributed by atoms with van der Waals surface area (Å²) in [5.74, 6) is -0.518. The van der Waals surface area contributed by atoms with Crippen LogP contribution in [0.4, 0.5) is 0 Å². The first kappa shape index (κ1) is 16.5. The van der Waals surface area contributed by atoms with Gasteiger partial charge in [0.2, 0.25) is 0 Å². The van der Waals surface area contributed by atoms with Crippen LogP contribution < -0.4 is 4.72 Å². The Balaban J connectivity index is 2.08. The van der Waals surface area contributed by atoms with Crippen molar-refractivity contribution in [3.8, 4) is 0 Å². The van der Waals surface area contributed by atoms with Gasteiger partial charge in [-0.25, -0.2) is 4.72 Å². The molecule has 1 aliphatic rings. The summed E-state index contributed by atoms with van der Waals surface area (Å²) in [4.78, 5) is 13.7. The summed E-state index contributed by atoms with van der Waals surface area (Å²) in [6, 6.07) is 1.81. The molecule has 1 saturated heterocycles. The summed E-state index contributed by atoms with van der Waals surface area (Å²) < 4.78 is 27.9. The number of hydrogen-bond acceptors (Lipinski definition) is 4. The van der Waals surface area contributed by atoms with Gasteiger partial charge in [0.05, 0.1) is 4.88 Å². The van der Waals surface area contributed by atoms with Crippen molar-refractivity contribution in [2.75, 3.05) is 13.1 Å². The van der Waals surface area contributed by atoms with E-state index < -0.39 is 16.1 Å². The molecule has 21 heavy (non-hydrogen) atoms. The zero-order chi connectivity index (χ0) is 15.5. The van der Waals surface area contributed by atoms with Crippen molar-refractivity contribution < 1.29 is 13.2 Å². The lowest BCUT2D eigenvalue weighted by atomic mass is 10.1. The largest absolute Gasteiger partial charge is 0.304 e. The van der Waals surface area contributed by atoms with Gasteiger partial charge < -0.3 is 0 Å². The number of rotatable bonds is 5. The van der Waals surface area contributed by atoms with Gasteiger partial charge in [-0.2, -0.15) is 12.7 Å². The predicted molar refractivity (Wildman–Crippen MR) is 84.9 cm³/mol. The highest BCUT2D eigenvalue weighted by molar-refractivity contribution is 7.87. The van der Waals surface area contributed by atoms with Crippen molar-refractivity contribution in [3.63, 3.8) is 0 Å². The van der Waals surface area contributed by atoms with E-state index in [-0.39, 0.29) is 0 Å². The van der Waals surface area contributed by atoms with Crippen molar-refractivity contribution in [1.29, 1.82) is 0 Å². The maximum atomic E-state index is 12.2. The smallest absolute Gasteiger partial charge is 0.267 e. The first-order valence-electron chi connectivity index (χ1n) is 7.35. The highest BCUT2D eigenvalue weighted by atomic mass is 32.2. The number of hydrogen-bond donors (Lipinski definition) is 1. The van der Waals surface area contributed by atoms with Crippen molar-refractivity contribution in [2.45, 2.75) is 46.0 Å². The highest BCUT2D eigenvalue weighted by Crippen LogP contribution is 2.23. The summed E-state index contributed by atoms with van der Waals surface area (Å²) in [6.45, 7) is 5.03. The molecule has 7 heteroatoms. The summed E-state index contributed by atoms with van der Waals surface area (Å²) >= 11 is 1.35. The zero-order valence-corrected chi connectivity index (χ0v) is 14.1. The number of carbonyl (C=O) groups excluding carboxylic acids is 1. The van der Waals surface area contributed by atoms with Gasteiger partial charge in [0.15, 0.2) is 0 Å². The molecule has 0 radical (unpaired) electrons. The molecule has 1 aliphatic heterocycles. The molecule has 0 atom stereocenters. The monoisotopic (exact) mass is 330 g/mol. The standard InChI is InChI=1S/C14H22N2O3S2/c1-3-7-12-10-13(20-11(12)2)14(17)15-21(18,19)16-8-5-4-6-9-16/h10H,3-9H2,1-2H3,(H,15,17). The fourth-order valence-corrected chi connectivity index (χ4v) is 4.73. The van der Waals surface area contributed by atoms with E-state index >= 15 is 0 Å². The second kappa shape index (κ2) is 6.89. The topological polar surface area (TPSA) is 66.5 Å². The Hall–Kier alpha value is -0.920. The molecule has 0 bridgehead atoms. The second-order valence-electron chi connectivity index (χ2n) is 5.34. The van der Waals surface area contributed by atoms with Gasteiger partial charge >= 0.3 is 10.2 Å². The number of nitrogens with zero attached hydrogens (tertiary/aromatic N) is 1. The maximum Gasteiger partial charge on any atom is 0.304 e. The van der Waals surface area contributed by atoms with E-state index in [1.807, 2.05) is 13.0 Å². The molecule has 0 spiro atoms. The Kier molecular flexibility index (Phi) is 5.40. The number of thiophene rings is 1. The van der Waals surface area contributed by atoms with Crippen LogP contribution in [0.5, 0.6) is 0 Å². The third-order valence-electron chi connectivity index (χ3n) is 3.64. The van der Waals surface area contributed by atoms with E-state index in [1.165, 1.54) is 15.6 Å². The Morgan fingerprint density at radius 1 is 1.33 bits per heavy atom. The maximum absolute atomic E-state index is 12.2. The van der Waals surface area contributed by atoms with Crippen LogP contribution in [-0.2, 0) is 16.6 Å². The molecule has 0 unspecified atom stereocenters. The van der Waals surface area contributed by atoms with Gasteiger partial charge in [0.1, 0.15) is 0 Å². The van der Waals surface area contributed by atoms with Crippen molar-refractivity contribution in [3.05, 3.63) is 21.4 Å². The van der Waals surface area contributed by atoms with Gasteiger partial charge in [0.25, 0.3) is 5.91 Å². The number of aryl methyl sites for hydroxylation is 2. The summed E-state index contributed by atoms with van der Waals surface area (Å²) in [5.41, 5.74) is 1.13. The molecular formula is C14H22N2O3S2. The van der Waals surface area contributed by atoms with Crippen LogP contribution in [0.2, 0.25) is 0 Å². The van der Waals surface area contributed by atoms with Crippen LogP contribution in [0.15, 0.2) is 6.07 Å². The molecule has 0 aliphatic carbocycles. The fraction of sp³-hybridized carbons (Fsp3) is 0.643. The van der Waals surface area contributed by atoms with E-state index in [2.05, 4.69) is 11.6 Å². The molecule has 2 heterocycles. The molecule has 1 aromatic rings. The minimum atomic E-state index is -3.71. The van der Waals surface area contributed by atoms with Gasteiger partial charge in [-0.1, -0.05) is 19.8 Å². The first-order valence-corrected chi connectivity index (χ1v) is 9.61. The first-order chi connectivity index (χ1) is 9.94. The van der Waals surface area contributed by atoms with Gasteiger partial charge in [-0.05, 0) is 37.8 Å². The van der Waals surface area contributed by atoms with Crippen molar-refractivity contribution >= 4 is 27.5 Å². The Bertz CT molecular complexity index is 602. The van der Waals surface area contributed by atoms with Crippen LogP contribution in [-0.4, -0.2) is 31.7 Å². The van der Waals surface area contributed by atoms with Crippen LogP contribution in [0.25, 0.3) is 0 Å². The summed E-state index contributed by atoms with van der Waals surface area (Å²) in [7, 11) is -3.71. The molecule has 1 fully saturated rings. The Labute approximate surface area is 130 Å². The third-order valence-corrected chi connectivity index (χ3v) is 6.22. The molecule has 1 aromatic heterocycles. The average molecular weight is 330 g/mol. The van der Waals surface area contributed by atoms with E-state index in [4.69, 9.17) is 0 Å². The quantitative estimate of drug-likeness (QED) is 0.902. The lowest BCUT2D eigenvalue weighted by Crippen LogP contribution is -2.45. The van der Waals surface area contributed by atoms with E-state index in [9.17, 15) is 13.2 Å². The van der Waals surface area contributed by atoms with Crippen LogP contribution >= 0.6 is 11.3 Å². The van der Waals surface area contributed by atoms with Crippen molar-refractivity contribution in [2.24, 2.45) is 0 Å². The lowest BCUT2D eigenvalue weighted by molar-refractivity contribution is 0.0982. The number of nitrogens with one attached hydrogen (secondary N) is 1. The average Bonchev–Trinajstić information content (AvgIpc) is 2.81. The fourth-order valence-electron chi connectivity index (χ4n) is 2.49. The Morgan fingerprint density at radius 3 is 2.62 bits per heavy atom. The minimum Gasteiger partial charge on any atom is -0.267 e. The highest BCUT2D eigenvalue weighted by Gasteiger charge is 2.26. The number of amides is 1. The molecule has 5 nitrogen and oxygen atoms in total. The van der Waals surface area contributed by atoms with Gasteiger partial charge in [-0.3, -0.25) is 4.79 Å². The van der Waals surface area contributed by atoms with E-state index in [1.54, 1.807) is 0 Å². The number of piperidine rings is 1. The minimum absolute atomic E-state index is 0.469. The summed E-state index contributed by atoms with van der Waals surface area (Å²) in [6.07, 6.45) is 4.67. The van der Waals surface area contributed by atoms with E-state index in [0.717, 1.165) is 42.5 Å². The van der Waals surface area contributed by atoms with Crippen molar-refractivity contribution in [1.82, 2.24) is 9.03 Å². The molecule has 118 valence electrons. The Morgan fingerprint density at radius 2 is 2.00 bits per heavy atom. The zero-order valence-electron chi connectivity index (χ0n) is 12.5. The van der Waals surface area contributed by atoms with E-state index in [0.29, 0.717) is 18.0 Å². The molecule has 0 aromatic carbocycles. The molecule has 0 saturated carbocycles. The number of carbonyl (C=O) groups is 1. The van der Waals surface area contributed by atoms with Crippen LogP contribution in [0.3, 0.4) is 0 Å². The van der Waals surface area contributed by atoms with Gasteiger partial charge in [-0.15, -0.1) is 11.3 Å². The third kappa shape index (κ3) is 4.05.